The molecule has 1 aromatic carbocycles. The van der Waals surface area contributed by atoms with E-state index in [4.69, 9.17) is 10.00 Å². The summed E-state index contributed by atoms with van der Waals surface area (Å²) >= 11 is 0. The Morgan fingerprint density at radius 2 is 2.04 bits per heavy atom. The summed E-state index contributed by atoms with van der Waals surface area (Å²) in [7, 11) is -7.12. The van der Waals surface area contributed by atoms with Crippen LogP contribution in [0.5, 0.6) is 0 Å². The molecule has 0 radical (unpaired) electrons. The lowest BCUT2D eigenvalue weighted by molar-refractivity contribution is 0.0367. The van der Waals surface area contributed by atoms with Gasteiger partial charge in [-0.1, -0.05) is 6.07 Å². The minimum Gasteiger partial charge on any atom is -0.379 e. The molecule has 28 heavy (non-hydrogen) atoms. The number of sulfonamides is 1. The maximum atomic E-state index is 13.3. The van der Waals surface area contributed by atoms with Crippen molar-refractivity contribution in [3.8, 4) is 6.07 Å². The number of sulfone groups is 1. The number of hydrogen-bond acceptors (Lipinski definition) is 7. The molecule has 0 amide bonds. The highest BCUT2D eigenvalue weighted by atomic mass is 32.2. The Morgan fingerprint density at radius 3 is 2.68 bits per heavy atom. The number of nitrogens with zero attached hydrogens (tertiary/aromatic N) is 3. The van der Waals surface area contributed by atoms with E-state index in [1.165, 1.54) is 22.5 Å². The van der Waals surface area contributed by atoms with Crippen molar-refractivity contribution in [2.45, 2.75) is 23.8 Å². The molecule has 0 aromatic heterocycles. The number of morpholine rings is 1. The van der Waals surface area contributed by atoms with Gasteiger partial charge in [0, 0.05) is 25.7 Å². The van der Waals surface area contributed by atoms with E-state index in [2.05, 4.69) is 4.90 Å². The maximum absolute atomic E-state index is 13.3. The Kier molecular flexibility index (Phi) is 6.73. The first-order valence-electron chi connectivity index (χ1n) is 9.34. The molecular weight excluding hydrogens is 402 g/mol. The van der Waals surface area contributed by atoms with Crippen molar-refractivity contribution in [2.24, 2.45) is 0 Å². The Bertz CT molecular complexity index is 934. The van der Waals surface area contributed by atoms with Gasteiger partial charge in [-0.05, 0) is 37.6 Å². The number of hydrogen-bond donors (Lipinski definition) is 0. The van der Waals surface area contributed by atoms with Crippen LogP contribution < -0.4 is 0 Å². The van der Waals surface area contributed by atoms with Crippen LogP contribution in [0.1, 0.15) is 18.4 Å². The topological polar surface area (TPSA) is 108 Å². The first-order valence-corrected chi connectivity index (χ1v) is 12.6. The third kappa shape index (κ3) is 5.10. The Balaban J connectivity index is 1.79. The molecular formula is C18H25N3O5S2. The van der Waals surface area contributed by atoms with Gasteiger partial charge in [0.2, 0.25) is 10.0 Å². The minimum absolute atomic E-state index is 0.00534. The molecule has 0 bridgehead atoms. The average molecular weight is 428 g/mol. The summed E-state index contributed by atoms with van der Waals surface area (Å²) in [5.41, 5.74) is 0.258. The van der Waals surface area contributed by atoms with E-state index < -0.39 is 25.9 Å². The summed E-state index contributed by atoms with van der Waals surface area (Å²) in [5.74, 6) is -0.146. The summed E-state index contributed by atoms with van der Waals surface area (Å²) in [5, 5.41) is 9.08. The molecule has 8 nitrogen and oxygen atoms in total. The fourth-order valence-electron chi connectivity index (χ4n) is 3.64. The molecule has 2 aliphatic rings. The van der Waals surface area contributed by atoms with E-state index in [9.17, 15) is 16.8 Å². The second kappa shape index (κ2) is 8.88. The normalized spacial score (nSPS) is 22.9. The fourth-order valence-corrected chi connectivity index (χ4v) is 7.20. The van der Waals surface area contributed by atoms with Gasteiger partial charge in [-0.3, -0.25) is 4.90 Å². The van der Waals surface area contributed by atoms with Crippen molar-refractivity contribution < 1.29 is 21.6 Å². The SMILES string of the molecule is N#Cc1cccc(S(=O)(=O)N(CCCN2CCOCC2)[C@H]2CCS(=O)(=O)C2)c1. The summed E-state index contributed by atoms with van der Waals surface area (Å²) in [6.07, 6.45) is 0.908. The van der Waals surface area contributed by atoms with Crippen LogP contribution in [0.2, 0.25) is 0 Å². The Morgan fingerprint density at radius 1 is 1.29 bits per heavy atom. The second-order valence-corrected chi connectivity index (χ2v) is 11.2. The van der Waals surface area contributed by atoms with Crippen LogP contribution in [-0.4, -0.2) is 83.0 Å². The number of ether oxygens (including phenoxy) is 1. The molecule has 2 heterocycles. The molecule has 1 aromatic rings. The van der Waals surface area contributed by atoms with E-state index in [0.717, 1.165) is 19.6 Å². The monoisotopic (exact) mass is 427 g/mol. The van der Waals surface area contributed by atoms with Crippen molar-refractivity contribution >= 4 is 19.9 Å². The summed E-state index contributed by atoms with van der Waals surface area (Å²) in [6.45, 7) is 3.95. The van der Waals surface area contributed by atoms with Gasteiger partial charge in [-0.15, -0.1) is 0 Å². The van der Waals surface area contributed by atoms with Crippen molar-refractivity contribution in [1.82, 2.24) is 9.21 Å². The van der Waals surface area contributed by atoms with Crippen LogP contribution in [0.15, 0.2) is 29.2 Å². The smallest absolute Gasteiger partial charge is 0.243 e. The molecule has 0 aliphatic carbocycles. The van der Waals surface area contributed by atoms with Crippen LogP contribution in [0.3, 0.4) is 0 Å². The summed E-state index contributed by atoms with van der Waals surface area (Å²) in [4.78, 5) is 2.25. The van der Waals surface area contributed by atoms with Gasteiger partial charge in [0.1, 0.15) is 0 Å². The highest BCUT2D eigenvalue weighted by Crippen LogP contribution is 2.26. The first kappa shape index (κ1) is 21.2. The molecule has 3 rings (SSSR count). The zero-order valence-electron chi connectivity index (χ0n) is 15.7. The number of nitriles is 1. The molecule has 2 aliphatic heterocycles. The van der Waals surface area contributed by atoms with Gasteiger partial charge in [-0.25, -0.2) is 16.8 Å². The molecule has 0 N–H and O–H groups in total. The van der Waals surface area contributed by atoms with Gasteiger partial charge in [0.05, 0.1) is 41.2 Å². The van der Waals surface area contributed by atoms with E-state index in [1.54, 1.807) is 6.07 Å². The van der Waals surface area contributed by atoms with Crippen LogP contribution in [0, 0.1) is 11.3 Å². The van der Waals surface area contributed by atoms with E-state index in [1.807, 2.05) is 6.07 Å². The molecule has 0 unspecified atom stereocenters. The molecule has 2 fully saturated rings. The predicted molar refractivity (Wildman–Crippen MR) is 104 cm³/mol. The molecule has 2 saturated heterocycles. The highest BCUT2D eigenvalue weighted by molar-refractivity contribution is 7.92. The molecule has 0 spiro atoms. The molecule has 1 atom stereocenters. The van der Waals surface area contributed by atoms with Crippen molar-refractivity contribution in [3.63, 3.8) is 0 Å². The maximum Gasteiger partial charge on any atom is 0.243 e. The molecule has 154 valence electrons. The second-order valence-electron chi connectivity index (χ2n) is 7.12. The Hall–Kier alpha value is -1.51. The molecule has 10 heteroatoms. The lowest BCUT2D eigenvalue weighted by atomic mass is 10.2. The zero-order chi connectivity index (χ0) is 20.2. The van der Waals surface area contributed by atoms with Crippen LogP contribution in [-0.2, 0) is 24.6 Å². The van der Waals surface area contributed by atoms with Crippen LogP contribution in [0.4, 0.5) is 0 Å². The quantitative estimate of drug-likeness (QED) is 0.622. The third-order valence-electron chi connectivity index (χ3n) is 5.14. The van der Waals surface area contributed by atoms with Gasteiger partial charge < -0.3 is 4.74 Å². The Labute approximate surface area is 166 Å². The standard InChI is InChI=1S/C18H25N3O5S2/c19-14-16-3-1-4-18(13-16)28(24,25)21(17-5-12-27(22,23)15-17)7-2-6-20-8-10-26-11-9-20/h1,3-4,13,17H,2,5-12,15H2/t17-/m0/s1. The number of rotatable bonds is 7. The third-order valence-corrected chi connectivity index (χ3v) is 8.84. The van der Waals surface area contributed by atoms with Crippen molar-refractivity contribution in [2.75, 3.05) is 50.9 Å². The lowest BCUT2D eigenvalue weighted by Crippen LogP contribution is -2.43. The van der Waals surface area contributed by atoms with Gasteiger partial charge in [-0.2, -0.15) is 9.57 Å². The zero-order valence-corrected chi connectivity index (χ0v) is 17.3. The summed E-state index contributed by atoms with van der Waals surface area (Å²) < 4.78 is 57.1. The van der Waals surface area contributed by atoms with Crippen LogP contribution in [0.25, 0.3) is 0 Å². The largest absolute Gasteiger partial charge is 0.379 e. The average Bonchev–Trinajstić information content (AvgIpc) is 3.05. The summed E-state index contributed by atoms with van der Waals surface area (Å²) in [6, 6.07) is 7.25. The first-order chi connectivity index (χ1) is 13.3. The van der Waals surface area contributed by atoms with Crippen molar-refractivity contribution in [3.05, 3.63) is 29.8 Å². The van der Waals surface area contributed by atoms with E-state index >= 15 is 0 Å². The fraction of sp³-hybridized carbons (Fsp3) is 0.611. The predicted octanol–water partition coefficient (Wildman–Crippen LogP) is 0.458. The van der Waals surface area contributed by atoms with E-state index in [0.29, 0.717) is 26.1 Å². The van der Waals surface area contributed by atoms with E-state index in [-0.39, 0.29) is 28.5 Å². The number of benzene rings is 1. The van der Waals surface area contributed by atoms with Crippen molar-refractivity contribution in [1.29, 1.82) is 5.26 Å². The van der Waals surface area contributed by atoms with Gasteiger partial charge in [0.25, 0.3) is 0 Å². The highest BCUT2D eigenvalue weighted by Gasteiger charge is 2.38. The van der Waals surface area contributed by atoms with Gasteiger partial charge >= 0.3 is 0 Å². The molecule has 0 saturated carbocycles. The lowest BCUT2D eigenvalue weighted by Gasteiger charge is -2.30. The minimum atomic E-state index is -3.90. The van der Waals surface area contributed by atoms with Gasteiger partial charge in [0.15, 0.2) is 9.84 Å². The van der Waals surface area contributed by atoms with Crippen LogP contribution >= 0.6 is 0 Å².